The Morgan fingerprint density at radius 3 is 2.00 bits per heavy atom. The second-order valence-corrected chi connectivity index (χ2v) is 3.24. The number of nitrogens with one attached hydrogen (secondary N) is 1. The number of hydrogen-bond acceptors (Lipinski definition) is 2. The molecule has 0 radical (unpaired) electrons. The lowest BCUT2D eigenvalue weighted by Crippen LogP contribution is -2.44. The predicted molar refractivity (Wildman–Crippen MR) is 36.5 cm³/mol. The van der Waals surface area contributed by atoms with E-state index in [-0.39, 0.29) is 0 Å². The van der Waals surface area contributed by atoms with E-state index in [1.165, 1.54) is 0 Å². The largest absolute Gasteiger partial charge is 0.403 e. The van der Waals surface area contributed by atoms with Crippen molar-refractivity contribution in [2.75, 3.05) is 0 Å². The number of imide groups is 1. The molecule has 0 aromatic heterocycles. The first-order valence-electron chi connectivity index (χ1n) is 3.63. The van der Waals surface area contributed by atoms with Crippen molar-refractivity contribution in [3.05, 3.63) is 0 Å². The van der Waals surface area contributed by atoms with E-state index in [2.05, 4.69) is 0 Å². The minimum atomic E-state index is -4.69. The SMILES string of the molecule is CC1C(=O)NC(=O)C1(C)C(F)(F)F. The van der Waals surface area contributed by atoms with Gasteiger partial charge in [0.1, 0.15) is 0 Å². The Balaban J connectivity index is 3.16. The van der Waals surface area contributed by atoms with Gasteiger partial charge in [-0.05, 0) is 6.92 Å². The Hall–Kier alpha value is -1.07. The van der Waals surface area contributed by atoms with E-state index >= 15 is 0 Å². The van der Waals surface area contributed by atoms with E-state index in [0.29, 0.717) is 0 Å². The minimum Gasteiger partial charge on any atom is -0.295 e. The summed E-state index contributed by atoms with van der Waals surface area (Å²) in [6.45, 7) is 1.83. The Kier molecular flexibility index (Phi) is 1.90. The van der Waals surface area contributed by atoms with Crippen LogP contribution in [0.5, 0.6) is 0 Å². The van der Waals surface area contributed by atoms with Crippen LogP contribution < -0.4 is 5.32 Å². The number of carbonyl (C=O) groups is 2. The summed E-state index contributed by atoms with van der Waals surface area (Å²) in [6.07, 6.45) is -4.69. The molecule has 0 spiro atoms. The van der Waals surface area contributed by atoms with E-state index in [1.54, 1.807) is 5.32 Å². The van der Waals surface area contributed by atoms with Crippen molar-refractivity contribution in [3.63, 3.8) is 0 Å². The smallest absolute Gasteiger partial charge is 0.295 e. The van der Waals surface area contributed by atoms with Crippen LogP contribution in [0.2, 0.25) is 0 Å². The molecule has 1 aliphatic heterocycles. The van der Waals surface area contributed by atoms with E-state index in [0.717, 1.165) is 13.8 Å². The highest BCUT2D eigenvalue weighted by Gasteiger charge is 2.65. The van der Waals surface area contributed by atoms with Gasteiger partial charge < -0.3 is 0 Å². The molecule has 0 aliphatic carbocycles. The molecule has 1 N–H and O–H groups in total. The molecule has 1 aliphatic rings. The van der Waals surface area contributed by atoms with Crippen LogP contribution in [-0.2, 0) is 9.59 Å². The lowest BCUT2D eigenvalue weighted by molar-refractivity contribution is -0.222. The topological polar surface area (TPSA) is 46.2 Å². The number of hydrogen-bond donors (Lipinski definition) is 1. The third kappa shape index (κ3) is 1.12. The fourth-order valence-electron chi connectivity index (χ4n) is 1.18. The van der Waals surface area contributed by atoms with Crippen LogP contribution in [0.3, 0.4) is 0 Å². The molecule has 2 atom stereocenters. The number of rotatable bonds is 0. The molecule has 13 heavy (non-hydrogen) atoms. The maximum absolute atomic E-state index is 12.4. The summed E-state index contributed by atoms with van der Waals surface area (Å²) < 4.78 is 37.2. The summed E-state index contributed by atoms with van der Waals surface area (Å²) >= 11 is 0. The van der Waals surface area contributed by atoms with Gasteiger partial charge in [-0.3, -0.25) is 14.9 Å². The molecule has 0 bridgehead atoms. The van der Waals surface area contributed by atoms with Crippen molar-refractivity contribution >= 4 is 11.8 Å². The normalized spacial score (nSPS) is 35.0. The first-order chi connectivity index (χ1) is 5.71. The van der Waals surface area contributed by atoms with Crippen LogP contribution in [0, 0.1) is 11.3 Å². The number of amides is 2. The highest BCUT2D eigenvalue weighted by atomic mass is 19.4. The highest BCUT2D eigenvalue weighted by molar-refractivity contribution is 6.07. The maximum atomic E-state index is 12.4. The molecule has 6 heteroatoms. The molecule has 0 saturated carbocycles. The molecular formula is C7H8F3NO2. The summed E-state index contributed by atoms with van der Waals surface area (Å²) in [5.41, 5.74) is -2.58. The summed E-state index contributed by atoms with van der Waals surface area (Å²) in [4.78, 5) is 21.7. The third-order valence-corrected chi connectivity index (χ3v) is 2.56. The molecule has 74 valence electrons. The van der Waals surface area contributed by atoms with Gasteiger partial charge in [-0.15, -0.1) is 0 Å². The van der Waals surface area contributed by atoms with Crippen molar-refractivity contribution in [2.24, 2.45) is 11.3 Å². The van der Waals surface area contributed by atoms with Crippen molar-refractivity contribution in [1.29, 1.82) is 0 Å². The first kappa shape index (κ1) is 10.0. The van der Waals surface area contributed by atoms with Crippen LogP contribution in [0.1, 0.15) is 13.8 Å². The van der Waals surface area contributed by atoms with Crippen LogP contribution in [0.25, 0.3) is 0 Å². The second-order valence-electron chi connectivity index (χ2n) is 3.24. The van der Waals surface area contributed by atoms with Crippen LogP contribution in [0.15, 0.2) is 0 Å². The molecule has 1 fully saturated rings. The molecule has 1 heterocycles. The summed E-state index contributed by atoms with van der Waals surface area (Å²) in [6, 6.07) is 0. The minimum absolute atomic E-state index is 0.734. The van der Waals surface area contributed by atoms with Crippen molar-refractivity contribution in [2.45, 2.75) is 20.0 Å². The van der Waals surface area contributed by atoms with Gasteiger partial charge in [-0.1, -0.05) is 6.92 Å². The zero-order chi connectivity index (χ0) is 10.4. The van der Waals surface area contributed by atoms with E-state index in [9.17, 15) is 22.8 Å². The van der Waals surface area contributed by atoms with Gasteiger partial charge in [-0.25, -0.2) is 0 Å². The lowest BCUT2D eigenvalue weighted by atomic mass is 9.79. The second kappa shape index (κ2) is 2.46. The molecule has 2 unspecified atom stereocenters. The average molecular weight is 195 g/mol. The fraction of sp³-hybridized carbons (Fsp3) is 0.714. The Labute approximate surface area is 72.3 Å². The zero-order valence-electron chi connectivity index (χ0n) is 7.03. The highest BCUT2D eigenvalue weighted by Crippen LogP contribution is 2.46. The molecule has 2 amide bonds. The Bertz CT molecular complexity index is 273. The fourth-order valence-corrected chi connectivity index (χ4v) is 1.18. The van der Waals surface area contributed by atoms with Crippen molar-refractivity contribution in [1.82, 2.24) is 5.32 Å². The summed E-state index contributed by atoms with van der Waals surface area (Å²) in [5, 5.41) is 1.67. The molecule has 1 rings (SSSR count). The maximum Gasteiger partial charge on any atom is 0.403 e. The predicted octanol–water partition coefficient (Wildman–Crippen LogP) is 0.848. The van der Waals surface area contributed by atoms with Crippen molar-refractivity contribution < 1.29 is 22.8 Å². The van der Waals surface area contributed by atoms with Gasteiger partial charge in [-0.2, -0.15) is 13.2 Å². The Morgan fingerprint density at radius 1 is 1.38 bits per heavy atom. The van der Waals surface area contributed by atoms with Crippen LogP contribution in [-0.4, -0.2) is 18.0 Å². The van der Waals surface area contributed by atoms with Gasteiger partial charge in [0.05, 0.1) is 5.92 Å². The molecule has 3 nitrogen and oxygen atoms in total. The van der Waals surface area contributed by atoms with E-state index < -0.39 is 29.3 Å². The first-order valence-corrected chi connectivity index (χ1v) is 3.63. The third-order valence-electron chi connectivity index (χ3n) is 2.56. The summed E-state index contributed by atoms with van der Waals surface area (Å²) in [7, 11) is 0. The van der Waals surface area contributed by atoms with Crippen molar-refractivity contribution in [3.8, 4) is 0 Å². The monoisotopic (exact) mass is 195 g/mol. The average Bonchev–Trinajstić information content (AvgIpc) is 2.14. The van der Waals surface area contributed by atoms with Gasteiger partial charge in [0.25, 0.3) is 0 Å². The van der Waals surface area contributed by atoms with Gasteiger partial charge in [0, 0.05) is 0 Å². The molecule has 0 aromatic carbocycles. The van der Waals surface area contributed by atoms with E-state index in [4.69, 9.17) is 0 Å². The molecule has 1 saturated heterocycles. The van der Waals surface area contributed by atoms with Gasteiger partial charge in [0.2, 0.25) is 11.8 Å². The zero-order valence-corrected chi connectivity index (χ0v) is 7.03. The van der Waals surface area contributed by atoms with Gasteiger partial charge >= 0.3 is 6.18 Å². The number of halogens is 3. The Morgan fingerprint density at radius 2 is 1.85 bits per heavy atom. The number of alkyl halides is 3. The van der Waals surface area contributed by atoms with Gasteiger partial charge in [0.15, 0.2) is 5.41 Å². The van der Waals surface area contributed by atoms with Crippen LogP contribution >= 0.6 is 0 Å². The summed E-state index contributed by atoms with van der Waals surface area (Å²) in [5.74, 6) is -3.50. The lowest BCUT2D eigenvalue weighted by Gasteiger charge is -2.26. The quantitative estimate of drug-likeness (QED) is 0.582. The molecule has 0 aromatic rings. The van der Waals surface area contributed by atoms with E-state index in [1.807, 2.05) is 0 Å². The van der Waals surface area contributed by atoms with Crippen LogP contribution in [0.4, 0.5) is 13.2 Å². The molecular weight excluding hydrogens is 187 g/mol. The number of carbonyl (C=O) groups excluding carboxylic acids is 2. The standard InChI is InChI=1S/C7H8F3NO2/c1-3-4(12)11-5(13)6(3,2)7(8,9)10/h3H,1-2H3,(H,11,12,13).